The molecule has 128 valence electrons. The second kappa shape index (κ2) is 7.27. The van der Waals surface area contributed by atoms with Crippen molar-refractivity contribution in [3.8, 4) is 0 Å². The molecule has 0 aromatic carbocycles. The quantitative estimate of drug-likeness (QED) is 0.801. The monoisotopic (exact) mass is 341 g/mol. The van der Waals surface area contributed by atoms with Gasteiger partial charge >= 0.3 is 0 Å². The summed E-state index contributed by atoms with van der Waals surface area (Å²) in [6, 6.07) is 3.35. The minimum Gasteiger partial charge on any atom is -0.369 e. The van der Waals surface area contributed by atoms with Gasteiger partial charge in [-0.15, -0.1) is 0 Å². The van der Waals surface area contributed by atoms with Crippen molar-refractivity contribution in [1.29, 1.82) is 0 Å². The van der Waals surface area contributed by atoms with Crippen molar-refractivity contribution >= 4 is 21.7 Å². The highest BCUT2D eigenvalue weighted by molar-refractivity contribution is 7.89. The number of aromatic nitrogens is 1. The van der Waals surface area contributed by atoms with E-state index < -0.39 is 10.0 Å². The molecule has 0 radical (unpaired) electrons. The molecule has 1 atom stereocenters. The predicted molar refractivity (Wildman–Crippen MR) is 87.2 cm³/mol. The van der Waals surface area contributed by atoms with Gasteiger partial charge in [0.1, 0.15) is 11.1 Å². The van der Waals surface area contributed by atoms with Crippen LogP contribution in [0, 0.1) is 5.92 Å². The van der Waals surface area contributed by atoms with Crippen LogP contribution in [0.1, 0.15) is 26.7 Å². The number of nitrogens with one attached hydrogen (secondary N) is 1. The van der Waals surface area contributed by atoms with E-state index in [2.05, 4.69) is 4.98 Å². The van der Waals surface area contributed by atoms with Gasteiger partial charge in [0.05, 0.1) is 19.0 Å². The highest BCUT2D eigenvalue weighted by Gasteiger charge is 2.30. The summed E-state index contributed by atoms with van der Waals surface area (Å²) in [5.74, 6) is 0.362. The fourth-order valence-corrected chi connectivity index (χ4v) is 4.33. The lowest BCUT2D eigenvalue weighted by atomic mass is 9.97. The summed E-state index contributed by atoms with van der Waals surface area (Å²) in [6.45, 7) is 5.89. The molecule has 0 aliphatic carbocycles. The highest BCUT2D eigenvalue weighted by atomic mass is 32.2. The van der Waals surface area contributed by atoms with Crippen LogP contribution in [-0.4, -0.2) is 44.8 Å². The number of carbonyl (C=O) groups is 1. The van der Waals surface area contributed by atoms with Gasteiger partial charge < -0.3 is 5.73 Å². The number of anilines is 1. The molecule has 1 aromatic rings. The standard InChI is InChI=1S/C15H24N4O3S/c1-3-19(4-2)23(21,22)13-7-8-14(17-10-13)18-9-5-6-12(11-18)15(16)20/h7-8,10,12H,3-6,9,11H2,1-2H3,(H2,16,20)/p+1/t12-/m0/s1. The van der Waals surface area contributed by atoms with Crippen LogP contribution in [0.25, 0.3) is 0 Å². The number of aromatic amines is 1. The Morgan fingerprint density at radius 2 is 2.09 bits per heavy atom. The number of hydrogen-bond donors (Lipinski definition) is 1. The van der Waals surface area contributed by atoms with Crippen molar-refractivity contribution in [2.24, 2.45) is 11.7 Å². The molecule has 0 spiro atoms. The summed E-state index contributed by atoms with van der Waals surface area (Å²) >= 11 is 0. The third kappa shape index (κ3) is 3.81. The third-order valence-corrected chi connectivity index (χ3v) is 6.32. The van der Waals surface area contributed by atoms with Crippen molar-refractivity contribution in [2.75, 3.05) is 31.1 Å². The number of nitrogens with two attached hydrogens (primary N) is 1. The SMILES string of the molecule is CCN(CC)S(=O)(=O)c1ccc(N2CCC[C@H](C(N)=O)C2)[nH+]c1. The Bertz CT molecular complexity index is 641. The van der Waals surface area contributed by atoms with Gasteiger partial charge in [0.15, 0.2) is 0 Å². The fourth-order valence-electron chi connectivity index (χ4n) is 2.90. The molecule has 1 aliphatic heterocycles. The van der Waals surface area contributed by atoms with Gasteiger partial charge in [-0.25, -0.2) is 13.4 Å². The van der Waals surface area contributed by atoms with Gasteiger partial charge in [0, 0.05) is 19.2 Å². The molecule has 0 saturated carbocycles. The van der Waals surface area contributed by atoms with E-state index in [-0.39, 0.29) is 16.7 Å². The summed E-state index contributed by atoms with van der Waals surface area (Å²) in [6.07, 6.45) is 3.21. The molecule has 1 amide bonds. The lowest BCUT2D eigenvalue weighted by Gasteiger charge is -2.26. The van der Waals surface area contributed by atoms with Gasteiger partial charge in [-0.05, 0) is 18.9 Å². The fraction of sp³-hybridized carbons (Fsp3) is 0.600. The van der Waals surface area contributed by atoms with E-state index >= 15 is 0 Å². The topological polar surface area (TPSA) is 97.9 Å². The van der Waals surface area contributed by atoms with Crippen LogP contribution >= 0.6 is 0 Å². The molecule has 7 nitrogen and oxygen atoms in total. The number of sulfonamides is 1. The Hall–Kier alpha value is -1.67. The molecular formula is C15H25N4O3S+. The van der Waals surface area contributed by atoms with Gasteiger partial charge in [-0.3, -0.25) is 9.69 Å². The first-order valence-electron chi connectivity index (χ1n) is 7.96. The molecule has 2 heterocycles. The van der Waals surface area contributed by atoms with Crippen molar-refractivity contribution in [3.05, 3.63) is 18.3 Å². The maximum atomic E-state index is 12.5. The number of pyridine rings is 1. The second-order valence-electron chi connectivity index (χ2n) is 5.69. The Morgan fingerprint density at radius 1 is 1.39 bits per heavy atom. The van der Waals surface area contributed by atoms with Crippen LogP contribution in [0.4, 0.5) is 5.82 Å². The lowest BCUT2D eigenvalue weighted by Crippen LogP contribution is -2.43. The molecule has 2 rings (SSSR count). The van der Waals surface area contributed by atoms with Gasteiger partial charge in [0.25, 0.3) is 5.82 Å². The van der Waals surface area contributed by atoms with Crippen LogP contribution in [-0.2, 0) is 14.8 Å². The van der Waals surface area contributed by atoms with Crippen LogP contribution in [0.2, 0.25) is 0 Å². The minimum atomic E-state index is -3.46. The van der Waals surface area contributed by atoms with Crippen molar-refractivity contribution < 1.29 is 18.2 Å². The summed E-state index contributed by atoms with van der Waals surface area (Å²) in [5, 5.41) is 0. The molecule has 0 bridgehead atoms. The van der Waals surface area contributed by atoms with Crippen LogP contribution < -0.4 is 15.6 Å². The number of carbonyl (C=O) groups excluding carboxylic acids is 1. The van der Waals surface area contributed by atoms with Gasteiger partial charge in [-0.1, -0.05) is 13.8 Å². The summed E-state index contributed by atoms with van der Waals surface area (Å²) in [4.78, 5) is 16.7. The van der Waals surface area contributed by atoms with Crippen molar-refractivity contribution in [1.82, 2.24) is 4.31 Å². The number of H-pyrrole nitrogens is 1. The van der Waals surface area contributed by atoms with E-state index in [0.29, 0.717) is 19.6 Å². The molecule has 1 fully saturated rings. The molecule has 23 heavy (non-hydrogen) atoms. The molecule has 1 aromatic heterocycles. The average Bonchev–Trinajstić information content (AvgIpc) is 2.56. The number of hydrogen-bond acceptors (Lipinski definition) is 4. The van der Waals surface area contributed by atoms with E-state index in [1.54, 1.807) is 12.1 Å². The van der Waals surface area contributed by atoms with Gasteiger partial charge in [0.2, 0.25) is 15.9 Å². The maximum absolute atomic E-state index is 12.5. The summed E-state index contributed by atoms with van der Waals surface area (Å²) in [5.41, 5.74) is 5.39. The van der Waals surface area contributed by atoms with Gasteiger partial charge in [-0.2, -0.15) is 4.31 Å². The zero-order chi connectivity index (χ0) is 17.0. The number of piperidine rings is 1. The Kier molecular flexibility index (Phi) is 5.59. The molecular weight excluding hydrogens is 316 g/mol. The molecule has 8 heteroatoms. The Morgan fingerprint density at radius 3 is 2.61 bits per heavy atom. The lowest BCUT2D eigenvalue weighted by molar-refractivity contribution is -0.367. The zero-order valence-electron chi connectivity index (χ0n) is 13.7. The van der Waals surface area contributed by atoms with Crippen LogP contribution in [0.5, 0.6) is 0 Å². The average molecular weight is 341 g/mol. The number of primary amides is 1. The first-order valence-corrected chi connectivity index (χ1v) is 9.40. The number of nitrogens with zero attached hydrogens (tertiary/aromatic N) is 2. The minimum absolute atomic E-state index is 0.156. The molecule has 0 unspecified atom stereocenters. The Labute approximate surface area is 137 Å². The summed E-state index contributed by atoms with van der Waals surface area (Å²) in [7, 11) is -3.46. The first-order chi connectivity index (χ1) is 10.9. The molecule has 1 aliphatic rings. The highest BCUT2D eigenvalue weighted by Crippen LogP contribution is 2.21. The molecule has 3 N–H and O–H groups in total. The third-order valence-electron chi connectivity index (χ3n) is 4.28. The van der Waals surface area contributed by atoms with E-state index in [4.69, 9.17) is 5.73 Å². The van der Waals surface area contributed by atoms with Crippen LogP contribution in [0.15, 0.2) is 23.2 Å². The zero-order valence-corrected chi connectivity index (χ0v) is 14.5. The number of amides is 1. The normalized spacial score (nSPS) is 19.1. The predicted octanol–water partition coefficient (Wildman–Crippen LogP) is 0.233. The van der Waals surface area contributed by atoms with Crippen molar-refractivity contribution in [2.45, 2.75) is 31.6 Å². The smallest absolute Gasteiger partial charge is 0.274 e. The summed E-state index contributed by atoms with van der Waals surface area (Å²) < 4.78 is 26.3. The van der Waals surface area contributed by atoms with E-state index in [9.17, 15) is 13.2 Å². The van der Waals surface area contributed by atoms with E-state index in [1.165, 1.54) is 10.5 Å². The first kappa shape index (κ1) is 17.7. The molecule has 1 saturated heterocycles. The van der Waals surface area contributed by atoms with E-state index in [0.717, 1.165) is 25.2 Å². The van der Waals surface area contributed by atoms with Crippen LogP contribution in [0.3, 0.4) is 0 Å². The Balaban J connectivity index is 2.18. The second-order valence-corrected chi connectivity index (χ2v) is 7.62. The van der Waals surface area contributed by atoms with Crippen molar-refractivity contribution in [3.63, 3.8) is 0 Å². The maximum Gasteiger partial charge on any atom is 0.274 e. The largest absolute Gasteiger partial charge is 0.369 e. The number of rotatable bonds is 6. The van der Waals surface area contributed by atoms with E-state index in [1.807, 2.05) is 18.7 Å².